The number of rotatable bonds is 3. The third-order valence-electron chi connectivity index (χ3n) is 3.56. The van der Waals surface area contributed by atoms with Crippen LogP contribution in [-0.4, -0.2) is 18.2 Å². The van der Waals surface area contributed by atoms with Crippen molar-refractivity contribution in [2.45, 2.75) is 26.2 Å². The van der Waals surface area contributed by atoms with E-state index in [0.29, 0.717) is 13.0 Å². The first-order chi connectivity index (χ1) is 8.20. The topological polar surface area (TPSA) is 37.4 Å². The van der Waals surface area contributed by atoms with Crippen molar-refractivity contribution < 1.29 is 9.59 Å². The van der Waals surface area contributed by atoms with Crippen molar-refractivity contribution in [1.29, 1.82) is 0 Å². The smallest absolute Gasteiger partial charge is 0.231 e. The molecule has 0 atom stereocenters. The number of amides is 1. The number of hydrogen-bond acceptors (Lipinski definition) is 2. The van der Waals surface area contributed by atoms with E-state index in [4.69, 9.17) is 0 Å². The van der Waals surface area contributed by atoms with E-state index in [2.05, 4.69) is 0 Å². The number of fused-ring (bicyclic) bond motifs is 1. The molecular formula is C14H15NO2. The van der Waals surface area contributed by atoms with Crippen LogP contribution in [0.1, 0.15) is 35.7 Å². The summed E-state index contributed by atoms with van der Waals surface area (Å²) in [5.74, 6) is 0.626. The molecule has 1 heterocycles. The van der Waals surface area contributed by atoms with Crippen molar-refractivity contribution in [3.05, 3.63) is 29.3 Å². The van der Waals surface area contributed by atoms with E-state index in [1.807, 2.05) is 25.1 Å². The van der Waals surface area contributed by atoms with Gasteiger partial charge in [0.1, 0.15) is 0 Å². The highest BCUT2D eigenvalue weighted by Crippen LogP contribution is 2.35. The quantitative estimate of drug-likeness (QED) is 0.745. The van der Waals surface area contributed by atoms with Crippen LogP contribution in [0.3, 0.4) is 0 Å². The van der Waals surface area contributed by atoms with Gasteiger partial charge in [-0.05, 0) is 43.5 Å². The summed E-state index contributed by atoms with van der Waals surface area (Å²) < 4.78 is 0. The number of ketones is 1. The molecule has 3 heteroatoms. The van der Waals surface area contributed by atoms with Crippen molar-refractivity contribution in [1.82, 2.24) is 0 Å². The standard InChI is InChI=1S/C14H15NO2/c1-2-15-12-6-5-10(14(17)9-3-4-9)7-11(12)8-13(15)16/h5-7,9H,2-4,8H2,1H3. The molecule has 1 aromatic rings. The van der Waals surface area contributed by atoms with Crippen molar-refractivity contribution in [3.63, 3.8) is 0 Å². The average Bonchev–Trinajstić information content (AvgIpc) is 3.10. The van der Waals surface area contributed by atoms with Crippen LogP contribution < -0.4 is 4.90 Å². The zero-order valence-electron chi connectivity index (χ0n) is 9.90. The molecule has 0 N–H and O–H groups in total. The highest BCUT2D eigenvalue weighted by molar-refractivity contribution is 6.04. The summed E-state index contributed by atoms with van der Waals surface area (Å²) in [6.45, 7) is 2.66. The number of likely N-dealkylation sites (N-methyl/N-ethyl adjacent to an activating group) is 1. The Morgan fingerprint density at radius 3 is 2.82 bits per heavy atom. The molecule has 88 valence electrons. The van der Waals surface area contributed by atoms with Crippen LogP contribution in [-0.2, 0) is 11.2 Å². The molecule has 1 saturated carbocycles. The van der Waals surface area contributed by atoms with Gasteiger partial charge in [-0.3, -0.25) is 9.59 Å². The van der Waals surface area contributed by atoms with E-state index in [1.54, 1.807) is 4.90 Å². The van der Waals surface area contributed by atoms with Crippen LogP contribution in [0.2, 0.25) is 0 Å². The number of carbonyl (C=O) groups excluding carboxylic acids is 2. The van der Waals surface area contributed by atoms with Crippen LogP contribution in [0.15, 0.2) is 18.2 Å². The predicted molar refractivity (Wildman–Crippen MR) is 65.2 cm³/mol. The minimum Gasteiger partial charge on any atom is -0.312 e. The molecule has 1 aliphatic heterocycles. The van der Waals surface area contributed by atoms with E-state index >= 15 is 0 Å². The maximum atomic E-state index is 11.9. The molecule has 0 unspecified atom stereocenters. The normalized spacial score (nSPS) is 18.4. The maximum Gasteiger partial charge on any atom is 0.231 e. The average molecular weight is 229 g/mol. The monoisotopic (exact) mass is 229 g/mol. The second kappa shape index (κ2) is 3.69. The molecule has 1 aliphatic carbocycles. The van der Waals surface area contributed by atoms with Crippen LogP contribution >= 0.6 is 0 Å². The van der Waals surface area contributed by atoms with Gasteiger partial charge in [-0.25, -0.2) is 0 Å². The summed E-state index contributed by atoms with van der Waals surface area (Å²) in [4.78, 5) is 25.4. The van der Waals surface area contributed by atoms with Crippen LogP contribution in [0.4, 0.5) is 5.69 Å². The number of carbonyl (C=O) groups is 2. The van der Waals surface area contributed by atoms with Gasteiger partial charge in [0.15, 0.2) is 5.78 Å². The van der Waals surface area contributed by atoms with Gasteiger partial charge < -0.3 is 4.90 Å². The Labute approximate surface area is 100 Å². The Morgan fingerprint density at radius 2 is 2.18 bits per heavy atom. The number of Topliss-reactive ketones (excluding diaryl/α,β-unsaturated/α-hetero) is 1. The Kier molecular flexibility index (Phi) is 2.28. The van der Waals surface area contributed by atoms with E-state index in [0.717, 1.165) is 29.7 Å². The fraction of sp³-hybridized carbons (Fsp3) is 0.429. The van der Waals surface area contributed by atoms with Crippen molar-refractivity contribution in [3.8, 4) is 0 Å². The first-order valence-electron chi connectivity index (χ1n) is 6.18. The Balaban J connectivity index is 1.95. The number of nitrogens with zero attached hydrogens (tertiary/aromatic N) is 1. The highest BCUT2D eigenvalue weighted by Gasteiger charge is 2.32. The van der Waals surface area contributed by atoms with Gasteiger partial charge in [-0.2, -0.15) is 0 Å². The molecule has 3 nitrogen and oxygen atoms in total. The van der Waals surface area contributed by atoms with Crippen molar-refractivity contribution in [2.24, 2.45) is 5.92 Å². The van der Waals surface area contributed by atoms with Crippen molar-refractivity contribution >= 4 is 17.4 Å². The second-order valence-electron chi connectivity index (χ2n) is 4.80. The molecule has 1 aromatic carbocycles. The molecule has 3 rings (SSSR count). The van der Waals surface area contributed by atoms with Gasteiger partial charge in [0.05, 0.1) is 6.42 Å². The van der Waals surface area contributed by atoms with Gasteiger partial charge in [0.2, 0.25) is 5.91 Å². The Hall–Kier alpha value is -1.64. The van der Waals surface area contributed by atoms with Gasteiger partial charge in [0.25, 0.3) is 0 Å². The molecule has 0 radical (unpaired) electrons. The van der Waals surface area contributed by atoms with Gasteiger partial charge >= 0.3 is 0 Å². The minimum atomic E-state index is 0.138. The first kappa shape index (κ1) is 10.5. The lowest BCUT2D eigenvalue weighted by atomic mass is 10.0. The third kappa shape index (κ3) is 1.66. The lowest BCUT2D eigenvalue weighted by molar-refractivity contribution is -0.117. The minimum absolute atomic E-state index is 0.138. The molecule has 0 spiro atoms. The van der Waals surface area contributed by atoms with Gasteiger partial charge in [-0.1, -0.05) is 0 Å². The maximum absolute atomic E-state index is 11.9. The highest BCUT2D eigenvalue weighted by atomic mass is 16.2. The van der Waals surface area contributed by atoms with E-state index in [-0.39, 0.29) is 17.6 Å². The Bertz CT molecular complexity index is 503. The first-order valence-corrected chi connectivity index (χ1v) is 6.18. The number of benzene rings is 1. The van der Waals surface area contributed by atoms with Crippen LogP contribution in [0, 0.1) is 5.92 Å². The van der Waals surface area contributed by atoms with Gasteiger partial charge in [-0.15, -0.1) is 0 Å². The zero-order chi connectivity index (χ0) is 12.0. The van der Waals surface area contributed by atoms with Crippen LogP contribution in [0.25, 0.3) is 0 Å². The lowest BCUT2D eigenvalue weighted by Gasteiger charge is -2.14. The van der Waals surface area contributed by atoms with Crippen molar-refractivity contribution in [2.75, 3.05) is 11.4 Å². The largest absolute Gasteiger partial charge is 0.312 e. The van der Waals surface area contributed by atoms with E-state index in [9.17, 15) is 9.59 Å². The summed E-state index contributed by atoms with van der Waals surface area (Å²) >= 11 is 0. The lowest BCUT2D eigenvalue weighted by Crippen LogP contribution is -2.25. The van der Waals surface area contributed by atoms with E-state index in [1.165, 1.54) is 0 Å². The van der Waals surface area contributed by atoms with Crippen LogP contribution in [0.5, 0.6) is 0 Å². The summed E-state index contributed by atoms with van der Waals surface area (Å²) in [6, 6.07) is 5.68. The SMILES string of the molecule is CCN1C(=O)Cc2cc(C(=O)C3CC3)ccc21. The Morgan fingerprint density at radius 1 is 1.41 bits per heavy atom. The predicted octanol–water partition coefficient (Wildman–Crippen LogP) is 2.19. The number of hydrogen-bond donors (Lipinski definition) is 0. The molecule has 1 amide bonds. The molecule has 17 heavy (non-hydrogen) atoms. The fourth-order valence-corrected chi connectivity index (χ4v) is 2.46. The summed E-state index contributed by atoms with van der Waals surface area (Å²) in [6.07, 6.45) is 2.49. The molecule has 0 aromatic heterocycles. The molecular weight excluding hydrogens is 214 g/mol. The second-order valence-corrected chi connectivity index (χ2v) is 4.80. The molecule has 0 bridgehead atoms. The summed E-state index contributed by atoms with van der Waals surface area (Å²) in [5, 5.41) is 0. The number of anilines is 1. The third-order valence-corrected chi connectivity index (χ3v) is 3.56. The van der Waals surface area contributed by atoms with Gasteiger partial charge in [0, 0.05) is 23.7 Å². The molecule has 0 saturated heterocycles. The fourth-order valence-electron chi connectivity index (χ4n) is 2.46. The molecule has 1 fully saturated rings. The summed E-state index contributed by atoms with van der Waals surface area (Å²) in [5.41, 5.74) is 2.75. The summed E-state index contributed by atoms with van der Waals surface area (Å²) in [7, 11) is 0. The molecule has 2 aliphatic rings. The zero-order valence-corrected chi connectivity index (χ0v) is 9.90. The van der Waals surface area contributed by atoms with E-state index < -0.39 is 0 Å².